The van der Waals surface area contributed by atoms with Gasteiger partial charge in [-0.15, -0.1) is 0 Å². The molecule has 1 aromatic rings. The number of anilines is 1. The van der Waals surface area contributed by atoms with Gasteiger partial charge in [0.1, 0.15) is 5.82 Å². The van der Waals surface area contributed by atoms with Crippen molar-refractivity contribution in [1.29, 1.82) is 0 Å². The normalized spacial score (nSPS) is 15.6. The number of carboxylic acid groups (broad SMARTS) is 1. The lowest BCUT2D eigenvalue weighted by atomic mass is 10.3. The third-order valence-corrected chi connectivity index (χ3v) is 2.23. The zero-order valence-corrected chi connectivity index (χ0v) is 8.71. The molecule has 0 spiro atoms. The Morgan fingerprint density at radius 1 is 1.29 bits per heavy atom. The maximum Gasteiger partial charge on any atom is 0.354 e. The Morgan fingerprint density at radius 2 is 1.94 bits per heavy atom. The second-order valence-electron chi connectivity index (χ2n) is 3.51. The first-order valence-corrected chi connectivity index (χ1v) is 4.84. The third kappa shape index (κ3) is 2.39. The highest BCUT2D eigenvalue weighted by Crippen LogP contribution is 2.12. The molecule has 7 nitrogen and oxygen atoms in total. The van der Waals surface area contributed by atoms with Crippen LogP contribution in [0.15, 0.2) is 18.2 Å². The number of aromatic carboxylic acids is 1. The summed E-state index contributed by atoms with van der Waals surface area (Å²) in [6.45, 7) is -0.0242. The van der Waals surface area contributed by atoms with E-state index in [0.717, 1.165) is 0 Å². The van der Waals surface area contributed by atoms with Crippen LogP contribution in [0.25, 0.3) is 0 Å². The predicted octanol–water partition coefficient (Wildman–Crippen LogP) is -0.757. The predicted molar refractivity (Wildman–Crippen MR) is 56.6 cm³/mol. The first kappa shape index (κ1) is 11.1. The summed E-state index contributed by atoms with van der Waals surface area (Å²) in [5, 5.41) is 10.9. The maximum absolute atomic E-state index is 11.2. The minimum absolute atomic E-state index is 0.0121. The fraction of sp³-hybridized carbons (Fsp3) is 0.200. The van der Waals surface area contributed by atoms with Crippen LogP contribution in [-0.2, 0) is 9.59 Å². The number of pyridine rings is 1. The number of carbonyl (C=O) groups excluding carboxylic acids is 2. The molecule has 2 heterocycles. The van der Waals surface area contributed by atoms with Gasteiger partial charge in [0, 0.05) is 0 Å². The van der Waals surface area contributed by atoms with Gasteiger partial charge in [0.25, 0.3) is 0 Å². The summed E-state index contributed by atoms with van der Waals surface area (Å²) in [5.41, 5.74) is -0.124. The number of aromatic nitrogens is 1. The van der Waals surface area contributed by atoms with Crippen LogP contribution in [0.2, 0.25) is 0 Å². The zero-order chi connectivity index (χ0) is 12.4. The number of imide groups is 1. The lowest BCUT2D eigenvalue weighted by Crippen LogP contribution is -2.51. The highest BCUT2D eigenvalue weighted by molar-refractivity contribution is 6.02. The highest BCUT2D eigenvalue weighted by atomic mass is 16.4. The number of carboxylic acids is 1. The minimum Gasteiger partial charge on any atom is -0.477 e. The van der Waals surface area contributed by atoms with Crippen molar-refractivity contribution in [3.63, 3.8) is 0 Å². The molecular formula is C10H9N3O4. The van der Waals surface area contributed by atoms with E-state index in [2.05, 4.69) is 10.3 Å². The van der Waals surface area contributed by atoms with Gasteiger partial charge in [-0.05, 0) is 12.1 Å². The number of rotatable bonds is 2. The van der Waals surface area contributed by atoms with Gasteiger partial charge in [-0.1, -0.05) is 6.07 Å². The monoisotopic (exact) mass is 235 g/mol. The lowest BCUT2D eigenvalue weighted by molar-refractivity contribution is -0.130. The topological polar surface area (TPSA) is 99.6 Å². The van der Waals surface area contributed by atoms with Gasteiger partial charge in [0.2, 0.25) is 11.8 Å². The van der Waals surface area contributed by atoms with Gasteiger partial charge < -0.3 is 10.0 Å². The van der Waals surface area contributed by atoms with Crippen molar-refractivity contribution < 1.29 is 19.5 Å². The molecule has 1 aliphatic heterocycles. The summed E-state index contributed by atoms with van der Waals surface area (Å²) in [6.07, 6.45) is 0. The Bertz CT molecular complexity index is 484. The molecule has 0 bridgehead atoms. The molecule has 0 aromatic carbocycles. The quantitative estimate of drug-likeness (QED) is 0.654. The van der Waals surface area contributed by atoms with Crippen LogP contribution in [0.1, 0.15) is 10.5 Å². The molecule has 7 heteroatoms. The molecule has 1 aromatic heterocycles. The molecule has 2 amide bonds. The number of nitrogens with zero attached hydrogens (tertiary/aromatic N) is 2. The van der Waals surface area contributed by atoms with E-state index in [4.69, 9.17) is 5.11 Å². The average Bonchev–Trinajstić information content (AvgIpc) is 2.28. The van der Waals surface area contributed by atoms with Gasteiger partial charge in [-0.2, -0.15) is 0 Å². The molecule has 88 valence electrons. The van der Waals surface area contributed by atoms with E-state index in [0.29, 0.717) is 5.82 Å². The van der Waals surface area contributed by atoms with Crippen LogP contribution >= 0.6 is 0 Å². The van der Waals surface area contributed by atoms with E-state index in [1.807, 2.05) is 0 Å². The highest BCUT2D eigenvalue weighted by Gasteiger charge is 2.23. The molecule has 0 aliphatic carbocycles. The molecule has 0 radical (unpaired) electrons. The van der Waals surface area contributed by atoms with Crippen LogP contribution in [0.4, 0.5) is 5.82 Å². The lowest BCUT2D eigenvalue weighted by Gasteiger charge is -2.26. The number of nitrogens with one attached hydrogen (secondary N) is 1. The number of piperazine rings is 1. The molecule has 1 aliphatic rings. The van der Waals surface area contributed by atoms with Crippen LogP contribution in [-0.4, -0.2) is 41.0 Å². The Morgan fingerprint density at radius 3 is 2.53 bits per heavy atom. The summed E-state index contributed by atoms with van der Waals surface area (Å²) in [5.74, 6) is -1.71. The maximum atomic E-state index is 11.2. The van der Waals surface area contributed by atoms with Gasteiger partial charge in [0.05, 0.1) is 13.1 Å². The van der Waals surface area contributed by atoms with Crippen molar-refractivity contribution in [2.45, 2.75) is 0 Å². The third-order valence-electron chi connectivity index (χ3n) is 2.23. The fourth-order valence-corrected chi connectivity index (χ4v) is 1.52. The second kappa shape index (κ2) is 4.20. The molecule has 0 saturated carbocycles. The van der Waals surface area contributed by atoms with Crippen molar-refractivity contribution in [1.82, 2.24) is 10.3 Å². The van der Waals surface area contributed by atoms with E-state index in [1.54, 1.807) is 6.07 Å². The van der Waals surface area contributed by atoms with Crippen molar-refractivity contribution in [3.8, 4) is 0 Å². The smallest absolute Gasteiger partial charge is 0.354 e. The first-order chi connectivity index (χ1) is 8.06. The number of hydrogen-bond donors (Lipinski definition) is 2. The molecule has 1 saturated heterocycles. The first-order valence-electron chi connectivity index (χ1n) is 4.84. The molecule has 0 atom stereocenters. The number of hydrogen-bond acceptors (Lipinski definition) is 5. The molecule has 2 N–H and O–H groups in total. The van der Waals surface area contributed by atoms with Crippen LogP contribution in [0, 0.1) is 0 Å². The molecule has 0 unspecified atom stereocenters. The molecule has 17 heavy (non-hydrogen) atoms. The minimum atomic E-state index is -1.15. The van der Waals surface area contributed by atoms with Crippen molar-refractivity contribution in [3.05, 3.63) is 23.9 Å². The number of amides is 2. The van der Waals surface area contributed by atoms with Crippen molar-refractivity contribution in [2.75, 3.05) is 18.0 Å². The Labute approximate surface area is 96.1 Å². The van der Waals surface area contributed by atoms with Gasteiger partial charge in [0.15, 0.2) is 5.69 Å². The summed E-state index contributed by atoms with van der Waals surface area (Å²) in [6, 6.07) is 4.42. The molecule has 2 rings (SSSR count). The zero-order valence-electron chi connectivity index (χ0n) is 8.71. The Kier molecular flexibility index (Phi) is 2.73. The van der Waals surface area contributed by atoms with Crippen LogP contribution < -0.4 is 10.2 Å². The summed E-state index contributed by atoms with van der Waals surface area (Å²) >= 11 is 0. The van der Waals surface area contributed by atoms with E-state index < -0.39 is 17.8 Å². The number of carbonyl (C=O) groups is 3. The van der Waals surface area contributed by atoms with Crippen molar-refractivity contribution in [2.24, 2.45) is 0 Å². The standard InChI is InChI=1S/C10H9N3O4/c14-8-4-13(5-9(15)12-8)7-3-1-2-6(11-7)10(16)17/h1-3H,4-5H2,(H,16,17)(H,12,14,15). The van der Waals surface area contributed by atoms with Crippen LogP contribution in [0.5, 0.6) is 0 Å². The van der Waals surface area contributed by atoms with E-state index in [9.17, 15) is 14.4 Å². The van der Waals surface area contributed by atoms with E-state index >= 15 is 0 Å². The average molecular weight is 235 g/mol. The van der Waals surface area contributed by atoms with E-state index in [1.165, 1.54) is 17.0 Å². The largest absolute Gasteiger partial charge is 0.477 e. The SMILES string of the molecule is O=C1CN(c2cccc(C(=O)O)n2)CC(=O)N1. The Hall–Kier alpha value is -2.44. The second-order valence-corrected chi connectivity index (χ2v) is 3.51. The summed E-state index contributed by atoms with van der Waals surface area (Å²) < 4.78 is 0. The van der Waals surface area contributed by atoms with Gasteiger partial charge >= 0.3 is 5.97 Å². The van der Waals surface area contributed by atoms with Gasteiger partial charge in [-0.25, -0.2) is 9.78 Å². The molecule has 1 fully saturated rings. The van der Waals surface area contributed by atoms with Gasteiger partial charge in [-0.3, -0.25) is 14.9 Å². The van der Waals surface area contributed by atoms with E-state index in [-0.39, 0.29) is 18.8 Å². The fourth-order valence-electron chi connectivity index (χ4n) is 1.52. The Balaban J connectivity index is 2.27. The molecular weight excluding hydrogens is 226 g/mol. The summed E-state index contributed by atoms with van der Waals surface area (Å²) in [4.78, 5) is 38.3. The van der Waals surface area contributed by atoms with Crippen molar-refractivity contribution >= 4 is 23.6 Å². The van der Waals surface area contributed by atoms with Crippen LogP contribution in [0.3, 0.4) is 0 Å². The summed E-state index contributed by atoms with van der Waals surface area (Å²) in [7, 11) is 0.